The standard InChI is InChI=1S/C11H20F2O2Si/c1-2-10(14)15-8-6-4-3-5-7-9-16-11(12)13/h2,11H,1,3-9,16H2. The van der Waals surface area contributed by atoms with E-state index in [-0.39, 0.29) is 5.97 Å². The topological polar surface area (TPSA) is 26.3 Å². The van der Waals surface area contributed by atoms with Crippen LogP contribution in [0.4, 0.5) is 8.78 Å². The number of hydrogen-bond acceptors (Lipinski definition) is 2. The fraction of sp³-hybridized carbons (Fsp3) is 0.727. The van der Waals surface area contributed by atoms with Crippen LogP contribution < -0.4 is 0 Å². The van der Waals surface area contributed by atoms with Crippen molar-refractivity contribution >= 4 is 15.5 Å². The Balaban J connectivity index is 3.04. The number of ether oxygens (including phenoxy) is 1. The molecule has 0 heterocycles. The Bertz CT molecular complexity index is 198. The lowest BCUT2D eigenvalue weighted by molar-refractivity contribution is -0.137. The molecule has 0 radical (unpaired) electrons. The van der Waals surface area contributed by atoms with E-state index >= 15 is 0 Å². The van der Waals surface area contributed by atoms with Crippen molar-refractivity contribution in [2.24, 2.45) is 0 Å². The van der Waals surface area contributed by atoms with Gasteiger partial charge in [0.05, 0.1) is 6.61 Å². The summed E-state index contributed by atoms with van der Waals surface area (Å²) in [7, 11) is -1.13. The number of rotatable bonds is 10. The zero-order chi connectivity index (χ0) is 12.2. The molecule has 0 aromatic heterocycles. The second-order valence-electron chi connectivity index (χ2n) is 3.67. The number of carbonyl (C=O) groups is 1. The van der Waals surface area contributed by atoms with Crippen molar-refractivity contribution in [1.82, 2.24) is 0 Å². The Hall–Kier alpha value is -0.713. The van der Waals surface area contributed by atoms with Gasteiger partial charge in [-0.15, -0.1) is 0 Å². The molecule has 0 amide bonds. The van der Waals surface area contributed by atoms with Gasteiger partial charge in [-0.1, -0.05) is 38.3 Å². The fourth-order valence-electron chi connectivity index (χ4n) is 1.34. The van der Waals surface area contributed by atoms with E-state index in [1.807, 2.05) is 0 Å². The van der Waals surface area contributed by atoms with Crippen molar-refractivity contribution in [3.05, 3.63) is 12.7 Å². The van der Waals surface area contributed by atoms with E-state index < -0.39 is 15.6 Å². The van der Waals surface area contributed by atoms with Crippen molar-refractivity contribution in [3.8, 4) is 0 Å². The van der Waals surface area contributed by atoms with Crippen LogP contribution in [0.15, 0.2) is 12.7 Å². The molecule has 0 aliphatic carbocycles. The maximum absolute atomic E-state index is 11.8. The molecular formula is C11H20F2O2Si. The fourth-order valence-corrected chi connectivity index (χ4v) is 2.29. The first-order chi connectivity index (χ1) is 7.66. The van der Waals surface area contributed by atoms with Crippen LogP contribution in [-0.4, -0.2) is 28.1 Å². The highest BCUT2D eigenvalue weighted by Crippen LogP contribution is 2.07. The normalized spacial score (nSPS) is 11.2. The number of esters is 1. The van der Waals surface area contributed by atoms with Gasteiger partial charge in [0.25, 0.3) is 0 Å². The molecule has 0 aliphatic heterocycles. The molecule has 0 rings (SSSR count). The number of hydrogen-bond donors (Lipinski definition) is 0. The smallest absolute Gasteiger partial charge is 0.330 e. The second-order valence-corrected chi connectivity index (χ2v) is 5.57. The summed E-state index contributed by atoms with van der Waals surface area (Å²) in [6, 6.07) is -1.29. The number of alkyl halides is 2. The summed E-state index contributed by atoms with van der Waals surface area (Å²) >= 11 is 0. The Morgan fingerprint density at radius 2 is 1.88 bits per heavy atom. The Morgan fingerprint density at radius 3 is 2.50 bits per heavy atom. The monoisotopic (exact) mass is 250 g/mol. The summed E-state index contributed by atoms with van der Waals surface area (Å²) in [6.45, 7) is 3.72. The van der Waals surface area contributed by atoms with Gasteiger partial charge in [-0.05, 0) is 6.42 Å². The molecule has 0 bridgehead atoms. The van der Waals surface area contributed by atoms with Crippen LogP contribution in [0.1, 0.15) is 32.1 Å². The molecule has 0 spiro atoms. The predicted octanol–water partition coefficient (Wildman–Crippen LogP) is 2.48. The molecule has 0 aromatic carbocycles. The van der Waals surface area contributed by atoms with Gasteiger partial charge in [0, 0.05) is 6.08 Å². The summed E-state index contributed by atoms with van der Waals surface area (Å²) < 4.78 is 28.5. The molecule has 0 atom stereocenters. The van der Waals surface area contributed by atoms with Crippen LogP contribution in [0.25, 0.3) is 0 Å². The second kappa shape index (κ2) is 10.8. The lowest BCUT2D eigenvalue weighted by Crippen LogP contribution is -2.03. The van der Waals surface area contributed by atoms with E-state index in [0.717, 1.165) is 44.2 Å². The number of halogens is 2. The molecule has 5 heteroatoms. The Morgan fingerprint density at radius 1 is 1.25 bits per heavy atom. The minimum atomic E-state index is -2.03. The van der Waals surface area contributed by atoms with Crippen molar-refractivity contribution in [2.75, 3.05) is 6.61 Å². The lowest BCUT2D eigenvalue weighted by Gasteiger charge is -2.02. The van der Waals surface area contributed by atoms with Gasteiger partial charge in [0.2, 0.25) is 6.05 Å². The highest BCUT2D eigenvalue weighted by atomic mass is 28.2. The van der Waals surface area contributed by atoms with Gasteiger partial charge in [-0.25, -0.2) is 13.6 Å². The van der Waals surface area contributed by atoms with Gasteiger partial charge >= 0.3 is 5.97 Å². The van der Waals surface area contributed by atoms with E-state index in [2.05, 4.69) is 6.58 Å². The maximum Gasteiger partial charge on any atom is 0.330 e. The molecule has 0 unspecified atom stereocenters. The molecule has 2 nitrogen and oxygen atoms in total. The van der Waals surface area contributed by atoms with E-state index in [9.17, 15) is 13.6 Å². The van der Waals surface area contributed by atoms with Crippen LogP contribution in [0, 0.1) is 0 Å². The minimum Gasteiger partial charge on any atom is -0.463 e. The van der Waals surface area contributed by atoms with Crippen LogP contribution in [0.5, 0.6) is 0 Å². The average Bonchev–Trinajstić information content (AvgIpc) is 2.26. The first kappa shape index (κ1) is 15.3. The third-order valence-corrected chi connectivity index (χ3v) is 3.57. The van der Waals surface area contributed by atoms with Crippen molar-refractivity contribution in [1.29, 1.82) is 0 Å². The maximum atomic E-state index is 11.8. The largest absolute Gasteiger partial charge is 0.463 e. The Kier molecular flexibility index (Phi) is 10.3. The summed E-state index contributed by atoms with van der Waals surface area (Å²) in [5, 5.41) is 0. The molecule has 16 heavy (non-hydrogen) atoms. The van der Waals surface area contributed by atoms with Crippen LogP contribution >= 0.6 is 0 Å². The lowest BCUT2D eigenvalue weighted by atomic mass is 10.2. The molecular weight excluding hydrogens is 230 g/mol. The molecule has 0 saturated heterocycles. The van der Waals surface area contributed by atoms with E-state index in [1.165, 1.54) is 0 Å². The average molecular weight is 250 g/mol. The highest BCUT2D eigenvalue weighted by Gasteiger charge is 2.02. The highest BCUT2D eigenvalue weighted by molar-refractivity contribution is 6.36. The molecule has 0 saturated carbocycles. The molecule has 94 valence electrons. The predicted molar refractivity (Wildman–Crippen MR) is 63.6 cm³/mol. The summed E-state index contributed by atoms with van der Waals surface area (Å²) in [5.74, 6) is -0.386. The minimum absolute atomic E-state index is 0.386. The molecule has 0 fully saturated rings. The van der Waals surface area contributed by atoms with Crippen LogP contribution in [0.2, 0.25) is 6.04 Å². The summed E-state index contributed by atoms with van der Waals surface area (Å²) in [4.78, 5) is 10.6. The third kappa shape index (κ3) is 11.4. The van der Waals surface area contributed by atoms with E-state index in [0.29, 0.717) is 6.61 Å². The van der Waals surface area contributed by atoms with Crippen molar-refractivity contribution in [3.63, 3.8) is 0 Å². The van der Waals surface area contributed by atoms with E-state index in [4.69, 9.17) is 4.74 Å². The van der Waals surface area contributed by atoms with E-state index in [1.54, 1.807) is 0 Å². The molecule has 0 aromatic rings. The first-order valence-electron chi connectivity index (χ1n) is 5.74. The quantitative estimate of drug-likeness (QED) is 0.258. The summed E-state index contributed by atoms with van der Waals surface area (Å²) in [5.41, 5.74) is 0. The molecule has 0 N–H and O–H groups in total. The van der Waals surface area contributed by atoms with Crippen molar-refractivity contribution in [2.45, 2.75) is 44.2 Å². The van der Waals surface area contributed by atoms with Crippen LogP contribution in [0.3, 0.4) is 0 Å². The number of unbranched alkanes of at least 4 members (excludes halogenated alkanes) is 4. The van der Waals surface area contributed by atoms with Gasteiger partial charge in [-0.2, -0.15) is 0 Å². The van der Waals surface area contributed by atoms with Gasteiger partial charge in [0.1, 0.15) is 9.52 Å². The Labute approximate surface area is 97.9 Å². The van der Waals surface area contributed by atoms with Crippen molar-refractivity contribution < 1.29 is 18.3 Å². The summed E-state index contributed by atoms with van der Waals surface area (Å²) in [6.07, 6.45) is 5.93. The van der Waals surface area contributed by atoms with Gasteiger partial charge in [0.15, 0.2) is 0 Å². The third-order valence-electron chi connectivity index (χ3n) is 2.23. The molecule has 0 aliphatic rings. The zero-order valence-corrected chi connectivity index (χ0v) is 11.0. The number of carbonyl (C=O) groups excluding carboxylic acids is 1. The van der Waals surface area contributed by atoms with Crippen LogP contribution in [-0.2, 0) is 9.53 Å². The first-order valence-corrected chi connectivity index (χ1v) is 7.56. The van der Waals surface area contributed by atoms with Gasteiger partial charge in [-0.3, -0.25) is 0 Å². The zero-order valence-electron chi connectivity index (χ0n) is 9.59. The SMILES string of the molecule is C=CC(=O)OCCCCCCC[SiH2]C(F)F. The van der Waals surface area contributed by atoms with Gasteiger partial charge < -0.3 is 4.74 Å².